The van der Waals surface area contributed by atoms with Gasteiger partial charge in [-0.3, -0.25) is 0 Å². The summed E-state index contributed by atoms with van der Waals surface area (Å²) in [6, 6.07) is 0. The zero-order valence-electron chi connectivity index (χ0n) is 6.88. The molecule has 0 aromatic heterocycles. The van der Waals surface area contributed by atoms with Gasteiger partial charge in [0.2, 0.25) is 0 Å². The Labute approximate surface area is 62.9 Å². The molecule has 0 aliphatic rings. The van der Waals surface area contributed by atoms with Crippen molar-refractivity contribution in [1.29, 1.82) is 0 Å². The maximum absolute atomic E-state index is 9.18. The quantitative estimate of drug-likeness (QED) is 0.611. The summed E-state index contributed by atoms with van der Waals surface area (Å²) in [4.78, 5) is 0. The molecule has 62 valence electrons. The molecule has 0 saturated carbocycles. The minimum Gasteiger partial charge on any atom is -0.396 e. The third-order valence-electron chi connectivity index (χ3n) is 1.91. The molecule has 0 aliphatic heterocycles. The highest BCUT2D eigenvalue weighted by atomic mass is 16.3. The summed E-state index contributed by atoms with van der Waals surface area (Å²) >= 11 is 0. The first kappa shape index (κ1) is 9.92. The number of hydrogen-bond donors (Lipinski definition) is 2. The van der Waals surface area contributed by atoms with Gasteiger partial charge >= 0.3 is 0 Å². The van der Waals surface area contributed by atoms with Crippen molar-refractivity contribution >= 4 is 0 Å². The van der Waals surface area contributed by atoms with Crippen molar-refractivity contribution in [1.82, 2.24) is 0 Å². The van der Waals surface area contributed by atoms with E-state index in [2.05, 4.69) is 0 Å². The van der Waals surface area contributed by atoms with E-state index in [0.717, 1.165) is 19.3 Å². The van der Waals surface area contributed by atoms with Crippen LogP contribution in [-0.4, -0.2) is 22.9 Å². The number of aliphatic hydroxyl groups excluding tert-OH is 2. The molecule has 0 bridgehead atoms. The van der Waals surface area contributed by atoms with E-state index in [1.807, 2.05) is 13.8 Å². The second-order valence-electron chi connectivity index (χ2n) is 2.75. The summed E-state index contributed by atoms with van der Waals surface area (Å²) in [6.45, 7) is 4.19. The van der Waals surface area contributed by atoms with E-state index in [9.17, 15) is 5.11 Å². The van der Waals surface area contributed by atoms with Crippen LogP contribution >= 0.6 is 0 Å². The Morgan fingerprint density at radius 1 is 1.20 bits per heavy atom. The molecule has 10 heavy (non-hydrogen) atoms. The van der Waals surface area contributed by atoms with Crippen LogP contribution in [0.25, 0.3) is 0 Å². The van der Waals surface area contributed by atoms with Crippen LogP contribution < -0.4 is 0 Å². The van der Waals surface area contributed by atoms with E-state index in [0.29, 0.717) is 0 Å². The van der Waals surface area contributed by atoms with Crippen molar-refractivity contribution < 1.29 is 10.2 Å². The van der Waals surface area contributed by atoms with E-state index in [-0.39, 0.29) is 18.6 Å². The molecule has 0 saturated heterocycles. The third kappa shape index (κ3) is 3.85. The molecule has 2 atom stereocenters. The van der Waals surface area contributed by atoms with Gasteiger partial charge in [0.15, 0.2) is 0 Å². The predicted octanol–water partition coefficient (Wildman–Crippen LogP) is 1.17. The number of hydrogen-bond acceptors (Lipinski definition) is 2. The molecule has 2 heteroatoms. The Morgan fingerprint density at radius 2 is 1.80 bits per heavy atom. The maximum atomic E-state index is 9.18. The molecule has 0 radical (unpaired) electrons. The Hall–Kier alpha value is -0.0800. The molecular weight excluding hydrogens is 128 g/mol. The van der Waals surface area contributed by atoms with Gasteiger partial charge in [0.1, 0.15) is 0 Å². The van der Waals surface area contributed by atoms with E-state index in [1.165, 1.54) is 0 Å². The molecular formula is C8H18O2. The molecule has 0 spiro atoms. The van der Waals surface area contributed by atoms with Gasteiger partial charge in [-0.2, -0.15) is 0 Å². The van der Waals surface area contributed by atoms with Crippen LogP contribution in [0.1, 0.15) is 33.1 Å². The topological polar surface area (TPSA) is 40.5 Å². The fourth-order valence-corrected chi connectivity index (χ4v) is 0.922. The fourth-order valence-electron chi connectivity index (χ4n) is 0.922. The number of aliphatic hydroxyl groups is 2. The Bertz CT molecular complexity index is 69.7. The van der Waals surface area contributed by atoms with Crippen LogP contribution in [0.5, 0.6) is 0 Å². The zero-order chi connectivity index (χ0) is 7.98. The van der Waals surface area contributed by atoms with E-state index in [4.69, 9.17) is 5.11 Å². The first-order valence-corrected chi connectivity index (χ1v) is 4.03. The van der Waals surface area contributed by atoms with Crippen LogP contribution in [0.3, 0.4) is 0 Å². The van der Waals surface area contributed by atoms with Gasteiger partial charge in [-0.15, -0.1) is 0 Å². The average molecular weight is 146 g/mol. The maximum Gasteiger partial charge on any atom is 0.0541 e. The fraction of sp³-hybridized carbons (Fsp3) is 1.00. The molecule has 2 N–H and O–H groups in total. The second kappa shape index (κ2) is 5.69. The molecule has 0 fully saturated rings. The van der Waals surface area contributed by atoms with Crippen molar-refractivity contribution in [3.8, 4) is 0 Å². The average Bonchev–Trinajstić information content (AvgIpc) is 1.99. The molecule has 0 amide bonds. The monoisotopic (exact) mass is 146 g/mol. The summed E-state index contributed by atoms with van der Waals surface area (Å²) in [6.07, 6.45) is 2.25. The van der Waals surface area contributed by atoms with Crippen molar-refractivity contribution in [3.63, 3.8) is 0 Å². The van der Waals surface area contributed by atoms with Gasteiger partial charge < -0.3 is 10.2 Å². The van der Waals surface area contributed by atoms with Crippen LogP contribution in [0, 0.1) is 5.92 Å². The summed E-state index contributed by atoms with van der Waals surface area (Å²) in [5.74, 6) is 0.287. The Kier molecular flexibility index (Phi) is 5.64. The van der Waals surface area contributed by atoms with Crippen LogP contribution in [0.4, 0.5) is 0 Å². The summed E-state index contributed by atoms with van der Waals surface area (Å²) < 4.78 is 0. The van der Waals surface area contributed by atoms with Gasteiger partial charge in [0.25, 0.3) is 0 Å². The normalized spacial score (nSPS) is 16.8. The van der Waals surface area contributed by atoms with E-state index < -0.39 is 0 Å². The van der Waals surface area contributed by atoms with Gasteiger partial charge in [-0.1, -0.05) is 20.3 Å². The van der Waals surface area contributed by atoms with E-state index in [1.54, 1.807) is 0 Å². The molecule has 0 unspecified atom stereocenters. The van der Waals surface area contributed by atoms with Crippen LogP contribution in [-0.2, 0) is 0 Å². The van der Waals surface area contributed by atoms with Gasteiger partial charge in [-0.25, -0.2) is 0 Å². The SMILES string of the molecule is CC[C@@H](O)C[C@@H](CC)CO. The lowest BCUT2D eigenvalue weighted by molar-refractivity contribution is 0.111. The molecule has 0 aromatic carbocycles. The molecule has 2 nitrogen and oxygen atoms in total. The van der Waals surface area contributed by atoms with Gasteiger partial charge in [0, 0.05) is 6.61 Å². The van der Waals surface area contributed by atoms with Crippen LogP contribution in [0.15, 0.2) is 0 Å². The number of rotatable bonds is 5. The lowest BCUT2D eigenvalue weighted by Crippen LogP contribution is -2.14. The van der Waals surface area contributed by atoms with Crippen LogP contribution in [0.2, 0.25) is 0 Å². The predicted molar refractivity (Wildman–Crippen MR) is 41.8 cm³/mol. The lowest BCUT2D eigenvalue weighted by atomic mass is 9.99. The van der Waals surface area contributed by atoms with Gasteiger partial charge in [-0.05, 0) is 18.8 Å². The smallest absolute Gasteiger partial charge is 0.0541 e. The summed E-state index contributed by atoms with van der Waals surface area (Å²) in [7, 11) is 0. The third-order valence-corrected chi connectivity index (χ3v) is 1.91. The standard InChI is InChI=1S/C8H18O2/c1-3-7(6-9)5-8(10)4-2/h7-10H,3-6H2,1-2H3/t7-,8-/m1/s1. The Morgan fingerprint density at radius 3 is 2.10 bits per heavy atom. The lowest BCUT2D eigenvalue weighted by Gasteiger charge is -2.14. The highest BCUT2D eigenvalue weighted by molar-refractivity contribution is 4.61. The Balaban J connectivity index is 3.41. The molecule has 0 aromatic rings. The summed E-state index contributed by atoms with van der Waals surface area (Å²) in [5, 5.41) is 17.9. The van der Waals surface area contributed by atoms with Crippen molar-refractivity contribution in [2.24, 2.45) is 5.92 Å². The summed E-state index contributed by atoms with van der Waals surface area (Å²) in [5.41, 5.74) is 0. The largest absolute Gasteiger partial charge is 0.396 e. The highest BCUT2D eigenvalue weighted by Crippen LogP contribution is 2.11. The van der Waals surface area contributed by atoms with Crippen molar-refractivity contribution in [2.45, 2.75) is 39.2 Å². The minimum atomic E-state index is -0.225. The zero-order valence-corrected chi connectivity index (χ0v) is 6.88. The molecule has 0 rings (SSSR count). The van der Waals surface area contributed by atoms with Crippen molar-refractivity contribution in [3.05, 3.63) is 0 Å². The van der Waals surface area contributed by atoms with E-state index >= 15 is 0 Å². The molecule has 0 heterocycles. The van der Waals surface area contributed by atoms with Crippen molar-refractivity contribution in [2.75, 3.05) is 6.61 Å². The van der Waals surface area contributed by atoms with Gasteiger partial charge in [0.05, 0.1) is 6.10 Å². The first-order chi connectivity index (χ1) is 4.74. The highest BCUT2D eigenvalue weighted by Gasteiger charge is 2.09. The second-order valence-corrected chi connectivity index (χ2v) is 2.75. The first-order valence-electron chi connectivity index (χ1n) is 4.03. The molecule has 0 aliphatic carbocycles. The minimum absolute atomic E-state index is 0.202.